The van der Waals surface area contributed by atoms with E-state index in [1.54, 1.807) is 0 Å². The smallest absolute Gasteiger partial charge is 0.0619 e. The van der Waals surface area contributed by atoms with Crippen molar-refractivity contribution in [3.63, 3.8) is 0 Å². The molecule has 0 atom stereocenters. The van der Waals surface area contributed by atoms with Crippen LogP contribution in [-0.2, 0) is 0 Å². The molecule has 0 fully saturated rings. The van der Waals surface area contributed by atoms with Crippen LogP contribution in [0.3, 0.4) is 0 Å². The SMILES string of the molecule is C=C/C=C(\C(=C)/C=C\C)n1c2cc3ccccc3cc2c2ccc3ccccc3c21. The normalized spacial score (nSPS) is 12.5. The van der Waals surface area contributed by atoms with E-state index in [4.69, 9.17) is 0 Å². The van der Waals surface area contributed by atoms with Gasteiger partial charge in [0.1, 0.15) is 0 Å². The molecule has 0 spiro atoms. The molecule has 0 unspecified atom stereocenters. The predicted molar refractivity (Wildman–Crippen MR) is 133 cm³/mol. The molecular weight excluding hydrogens is 362 g/mol. The highest BCUT2D eigenvalue weighted by Crippen LogP contribution is 2.39. The number of hydrogen-bond donors (Lipinski definition) is 0. The molecule has 4 aromatic carbocycles. The predicted octanol–water partition coefficient (Wildman–Crippen LogP) is 8.26. The Hall–Kier alpha value is -3.84. The molecule has 0 aliphatic heterocycles. The second kappa shape index (κ2) is 7.20. The van der Waals surface area contributed by atoms with Crippen LogP contribution >= 0.6 is 0 Å². The van der Waals surface area contributed by atoms with Crippen LogP contribution in [0.25, 0.3) is 49.0 Å². The van der Waals surface area contributed by atoms with E-state index < -0.39 is 0 Å². The Morgan fingerprint density at radius 3 is 2.23 bits per heavy atom. The zero-order valence-electron chi connectivity index (χ0n) is 17.1. The van der Waals surface area contributed by atoms with Gasteiger partial charge < -0.3 is 4.57 Å². The zero-order valence-corrected chi connectivity index (χ0v) is 17.1. The first-order chi connectivity index (χ1) is 14.7. The molecule has 144 valence electrons. The van der Waals surface area contributed by atoms with E-state index in [2.05, 4.69) is 103 Å². The molecule has 0 amide bonds. The van der Waals surface area contributed by atoms with Gasteiger partial charge in [-0.2, -0.15) is 0 Å². The molecule has 0 N–H and O–H groups in total. The zero-order chi connectivity index (χ0) is 20.7. The molecule has 1 nitrogen and oxygen atoms in total. The van der Waals surface area contributed by atoms with Crippen molar-refractivity contribution >= 4 is 49.0 Å². The lowest BCUT2D eigenvalue weighted by Crippen LogP contribution is -1.99. The van der Waals surface area contributed by atoms with Gasteiger partial charge in [-0.05, 0) is 46.9 Å². The summed E-state index contributed by atoms with van der Waals surface area (Å²) in [6, 6.07) is 26.2. The third kappa shape index (κ3) is 2.71. The number of hydrogen-bond acceptors (Lipinski definition) is 0. The Morgan fingerprint density at radius 1 is 0.800 bits per heavy atom. The van der Waals surface area contributed by atoms with Gasteiger partial charge in [-0.15, -0.1) is 0 Å². The fourth-order valence-electron chi connectivity index (χ4n) is 4.44. The fourth-order valence-corrected chi connectivity index (χ4v) is 4.44. The minimum absolute atomic E-state index is 0.956. The monoisotopic (exact) mass is 385 g/mol. The molecule has 0 aliphatic rings. The Labute approximate surface area is 176 Å². The van der Waals surface area contributed by atoms with Crippen LogP contribution in [0.4, 0.5) is 0 Å². The lowest BCUT2D eigenvalue weighted by molar-refractivity contribution is 1.23. The first-order valence-electron chi connectivity index (χ1n) is 10.2. The van der Waals surface area contributed by atoms with E-state index in [0.29, 0.717) is 0 Å². The highest BCUT2D eigenvalue weighted by molar-refractivity contribution is 6.21. The van der Waals surface area contributed by atoms with Gasteiger partial charge >= 0.3 is 0 Å². The van der Waals surface area contributed by atoms with Crippen molar-refractivity contribution in [3.8, 4) is 0 Å². The quantitative estimate of drug-likeness (QED) is 0.274. The Kier molecular flexibility index (Phi) is 4.37. The maximum atomic E-state index is 4.35. The summed E-state index contributed by atoms with van der Waals surface area (Å²) in [6.07, 6.45) is 7.98. The third-order valence-corrected chi connectivity index (χ3v) is 5.73. The summed E-state index contributed by atoms with van der Waals surface area (Å²) in [5.74, 6) is 0. The molecule has 5 rings (SSSR count). The standard InChI is InChI=1S/C29H23N/c1-4-10-20(3)27(11-5-2)30-28-19-23-14-7-6-13-22(23)18-26(28)25-17-16-21-12-8-9-15-24(21)29(25)30/h4-19H,2-3H2,1H3/b10-4-,27-11+. The Morgan fingerprint density at radius 2 is 1.50 bits per heavy atom. The van der Waals surface area contributed by atoms with Gasteiger partial charge in [0.15, 0.2) is 0 Å². The van der Waals surface area contributed by atoms with Crippen LogP contribution < -0.4 is 0 Å². The maximum Gasteiger partial charge on any atom is 0.0619 e. The maximum absolute atomic E-state index is 4.35. The molecule has 1 heteroatoms. The van der Waals surface area contributed by atoms with Gasteiger partial charge in [0.2, 0.25) is 0 Å². The minimum atomic E-state index is 0.956. The molecule has 0 saturated carbocycles. The van der Waals surface area contributed by atoms with Crippen LogP contribution in [0, 0.1) is 0 Å². The number of rotatable bonds is 4. The summed E-state index contributed by atoms with van der Waals surface area (Å²) in [7, 11) is 0. The topological polar surface area (TPSA) is 4.93 Å². The van der Waals surface area contributed by atoms with Gasteiger partial charge in [-0.3, -0.25) is 0 Å². The lowest BCUT2D eigenvalue weighted by Gasteiger charge is -2.14. The van der Waals surface area contributed by atoms with Crippen molar-refractivity contribution in [1.29, 1.82) is 0 Å². The first-order valence-corrected chi connectivity index (χ1v) is 10.2. The van der Waals surface area contributed by atoms with Gasteiger partial charge in [0, 0.05) is 16.2 Å². The summed E-state index contributed by atoms with van der Waals surface area (Å²) in [6.45, 7) is 10.3. The van der Waals surface area contributed by atoms with Crippen LogP contribution in [0.2, 0.25) is 0 Å². The molecule has 0 aliphatic carbocycles. The van der Waals surface area contributed by atoms with Gasteiger partial charge in [-0.25, -0.2) is 0 Å². The van der Waals surface area contributed by atoms with Crippen LogP contribution in [0.5, 0.6) is 0 Å². The van der Waals surface area contributed by atoms with Gasteiger partial charge in [-0.1, -0.05) is 92.0 Å². The van der Waals surface area contributed by atoms with Gasteiger partial charge in [0.05, 0.1) is 16.7 Å². The summed E-state index contributed by atoms with van der Waals surface area (Å²) >= 11 is 0. The Bertz CT molecular complexity index is 1520. The lowest BCUT2D eigenvalue weighted by atomic mass is 10.0. The number of nitrogens with zero attached hydrogens (tertiary/aromatic N) is 1. The van der Waals surface area contributed by atoms with Crippen molar-refractivity contribution in [1.82, 2.24) is 4.57 Å². The minimum Gasteiger partial charge on any atom is -0.308 e. The van der Waals surface area contributed by atoms with E-state index in [0.717, 1.165) is 11.3 Å². The molecule has 0 bridgehead atoms. The third-order valence-electron chi connectivity index (χ3n) is 5.73. The van der Waals surface area contributed by atoms with Crippen molar-refractivity contribution in [2.45, 2.75) is 6.92 Å². The molecule has 1 aromatic heterocycles. The highest BCUT2D eigenvalue weighted by atomic mass is 15.0. The molecule has 0 saturated heterocycles. The Balaban J connectivity index is 2.05. The van der Waals surface area contributed by atoms with E-state index in [9.17, 15) is 0 Å². The van der Waals surface area contributed by atoms with Crippen molar-refractivity contribution in [2.24, 2.45) is 0 Å². The van der Waals surface area contributed by atoms with Crippen LogP contribution in [-0.4, -0.2) is 4.57 Å². The van der Waals surface area contributed by atoms with E-state index >= 15 is 0 Å². The van der Waals surface area contributed by atoms with E-state index in [1.165, 1.54) is 43.4 Å². The second-order valence-corrected chi connectivity index (χ2v) is 7.55. The molecule has 0 radical (unpaired) electrons. The molecule has 5 aromatic rings. The summed E-state index contributed by atoms with van der Waals surface area (Å²) in [4.78, 5) is 0. The van der Waals surface area contributed by atoms with Crippen LogP contribution in [0.15, 0.2) is 116 Å². The molecule has 30 heavy (non-hydrogen) atoms. The van der Waals surface area contributed by atoms with Gasteiger partial charge in [0.25, 0.3) is 0 Å². The van der Waals surface area contributed by atoms with E-state index in [-0.39, 0.29) is 0 Å². The average Bonchev–Trinajstić information content (AvgIpc) is 3.09. The molecule has 1 heterocycles. The average molecular weight is 386 g/mol. The van der Waals surface area contributed by atoms with Crippen LogP contribution in [0.1, 0.15) is 6.92 Å². The fraction of sp³-hybridized carbons (Fsp3) is 0.0345. The van der Waals surface area contributed by atoms with Crippen molar-refractivity contribution in [3.05, 3.63) is 116 Å². The molecular formula is C29H23N. The first kappa shape index (κ1) is 18.2. The number of allylic oxidation sites excluding steroid dienone is 6. The number of aromatic nitrogens is 1. The summed E-state index contributed by atoms with van der Waals surface area (Å²) < 4.78 is 2.35. The van der Waals surface area contributed by atoms with Crippen molar-refractivity contribution in [2.75, 3.05) is 0 Å². The van der Waals surface area contributed by atoms with Crippen molar-refractivity contribution < 1.29 is 0 Å². The second-order valence-electron chi connectivity index (χ2n) is 7.55. The highest BCUT2D eigenvalue weighted by Gasteiger charge is 2.17. The summed E-state index contributed by atoms with van der Waals surface area (Å²) in [5, 5.41) is 7.44. The number of benzene rings is 4. The van der Waals surface area contributed by atoms with E-state index in [1.807, 2.05) is 19.1 Å². The summed E-state index contributed by atoms with van der Waals surface area (Å²) in [5.41, 5.74) is 4.38. The largest absolute Gasteiger partial charge is 0.308 e. The number of fused-ring (bicyclic) bond motifs is 6.